The van der Waals surface area contributed by atoms with Crippen molar-refractivity contribution in [3.8, 4) is 0 Å². The molecule has 1 nitrogen and oxygen atoms in total. The van der Waals surface area contributed by atoms with Crippen molar-refractivity contribution in [2.24, 2.45) is 11.8 Å². The molecule has 0 aliphatic heterocycles. The van der Waals surface area contributed by atoms with Gasteiger partial charge in [-0.1, -0.05) is 24.9 Å². The highest BCUT2D eigenvalue weighted by atomic mass is 35.5. The Balaban J connectivity index is 2.09. The first-order chi connectivity index (χ1) is 8.60. The fourth-order valence-corrected chi connectivity index (χ4v) is 3.11. The summed E-state index contributed by atoms with van der Waals surface area (Å²) in [4.78, 5) is 0. The van der Waals surface area contributed by atoms with Crippen LogP contribution in [0.4, 0.5) is 4.39 Å². The van der Waals surface area contributed by atoms with Crippen LogP contribution in [0.3, 0.4) is 0 Å². The van der Waals surface area contributed by atoms with Crippen LogP contribution in [0.15, 0.2) is 18.2 Å². The molecule has 1 aliphatic rings. The Morgan fingerprint density at radius 3 is 2.89 bits per heavy atom. The largest absolute Gasteiger partial charge is 0.393 e. The molecule has 0 aromatic heterocycles. The van der Waals surface area contributed by atoms with Gasteiger partial charge in [0.25, 0.3) is 0 Å². The molecule has 3 unspecified atom stereocenters. The molecule has 1 aromatic carbocycles. The van der Waals surface area contributed by atoms with Crippen molar-refractivity contribution in [2.45, 2.75) is 45.1 Å². The van der Waals surface area contributed by atoms with Gasteiger partial charge in [-0.2, -0.15) is 0 Å². The van der Waals surface area contributed by atoms with Crippen molar-refractivity contribution in [3.63, 3.8) is 0 Å². The summed E-state index contributed by atoms with van der Waals surface area (Å²) in [6.07, 6.45) is 4.35. The van der Waals surface area contributed by atoms with Gasteiger partial charge in [-0.15, -0.1) is 0 Å². The molecular formula is C15H20ClFO. The van der Waals surface area contributed by atoms with Crippen LogP contribution in [0.5, 0.6) is 0 Å². The highest BCUT2D eigenvalue weighted by Crippen LogP contribution is 2.34. The summed E-state index contributed by atoms with van der Waals surface area (Å²) in [5.74, 6) is 0.613. The van der Waals surface area contributed by atoms with Crippen LogP contribution in [0.1, 0.15) is 38.2 Å². The highest BCUT2D eigenvalue weighted by Gasteiger charge is 2.28. The van der Waals surface area contributed by atoms with Crippen LogP contribution in [0.2, 0.25) is 5.02 Å². The molecule has 0 saturated heterocycles. The van der Waals surface area contributed by atoms with Crippen molar-refractivity contribution in [1.29, 1.82) is 0 Å². The third kappa shape index (κ3) is 3.24. The van der Waals surface area contributed by atoms with Gasteiger partial charge in [0, 0.05) is 5.02 Å². The molecule has 1 N–H and O–H groups in total. The van der Waals surface area contributed by atoms with Gasteiger partial charge in [0.05, 0.1) is 6.10 Å². The first-order valence-corrected chi connectivity index (χ1v) is 7.10. The zero-order valence-corrected chi connectivity index (χ0v) is 11.5. The van der Waals surface area contributed by atoms with Gasteiger partial charge in [0.15, 0.2) is 0 Å². The van der Waals surface area contributed by atoms with Gasteiger partial charge in [0.2, 0.25) is 0 Å². The molecule has 0 radical (unpaired) electrons. The van der Waals surface area contributed by atoms with Crippen LogP contribution >= 0.6 is 11.6 Å². The van der Waals surface area contributed by atoms with E-state index in [0.717, 1.165) is 25.7 Å². The second kappa shape index (κ2) is 6.03. The molecule has 1 saturated carbocycles. The van der Waals surface area contributed by atoms with Crippen molar-refractivity contribution in [3.05, 3.63) is 34.6 Å². The first kappa shape index (κ1) is 13.8. The fourth-order valence-electron chi connectivity index (χ4n) is 2.92. The van der Waals surface area contributed by atoms with Crippen LogP contribution in [-0.4, -0.2) is 11.2 Å². The normalized spacial score (nSPS) is 28.3. The van der Waals surface area contributed by atoms with Gasteiger partial charge in [-0.25, -0.2) is 4.39 Å². The van der Waals surface area contributed by atoms with Crippen molar-refractivity contribution in [1.82, 2.24) is 0 Å². The third-order valence-electron chi connectivity index (χ3n) is 4.12. The first-order valence-electron chi connectivity index (χ1n) is 6.72. The number of hydrogen-bond acceptors (Lipinski definition) is 1. The molecule has 3 atom stereocenters. The van der Waals surface area contributed by atoms with Crippen LogP contribution in [0.25, 0.3) is 0 Å². The van der Waals surface area contributed by atoms with E-state index < -0.39 is 0 Å². The molecular weight excluding hydrogens is 251 g/mol. The van der Waals surface area contributed by atoms with Gasteiger partial charge in [-0.3, -0.25) is 0 Å². The summed E-state index contributed by atoms with van der Waals surface area (Å²) >= 11 is 5.90. The summed E-state index contributed by atoms with van der Waals surface area (Å²) in [7, 11) is 0. The number of halogens is 2. The Morgan fingerprint density at radius 2 is 2.17 bits per heavy atom. The summed E-state index contributed by atoms with van der Waals surface area (Å²) in [5, 5.41) is 10.6. The van der Waals surface area contributed by atoms with E-state index in [2.05, 4.69) is 6.92 Å². The Morgan fingerprint density at radius 1 is 1.39 bits per heavy atom. The van der Waals surface area contributed by atoms with Crippen molar-refractivity contribution < 1.29 is 9.50 Å². The highest BCUT2D eigenvalue weighted by molar-refractivity contribution is 6.30. The predicted molar refractivity (Wildman–Crippen MR) is 72.2 cm³/mol. The average Bonchev–Trinajstić information content (AvgIpc) is 2.36. The van der Waals surface area contributed by atoms with E-state index in [1.165, 1.54) is 6.07 Å². The van der Waals surface area contributed by atoms with Crippen LogP contribution in [0, 0.1) is 17.7 Å². The lowest BCUT2D eigenvalue weighted by Gasteiger charge is -2.33. The van der Waals surface area contributed by atoms with Gasteiger partial charge in [-0.05, 0) is 61.3 Å². The monoisotopic (exact) mass is 270 g/mol. The summed E-state index contributed by atoms with van der Waals surface area (Å²) in [5.41, 5.74) is 0.628. The molecule has 0 heterocycles. The molecule has 3 heteroatoms. The average molecular weight is 271 g/mol. The van der Waals surface area contributed by atoms with E-state index in [9.17, 15) is 9.50 Å². The predicted octanol–water partition coefficient (Wildman–Crippen LogP) is 4.21. The molecule has 2 rings (SSSR count). The Bertz CT molecular complexity index is 407. The maximum atomic E-state index is 13.7. The number of benzene rings is 1. The standard InChI is InChI=1S/C15H20ClFO/c1-2-10-3-6-15(18)12(7-10)8-11-9-13(16)4-5-14(11)17/h4-5,9-10,12,15,18H,2-3,6-8H2,1H3. The molecule has 0 spiro atoms. The lowest BCUT2D eigenvalue weighted by atomic mass is 9.76. The van der Waals surface area contributed by atoms with E-state index in [1.54, 1.807) is 12.1 Å². The molecule has 18 heavy (non-hydrogen) atoms. The Hall–Kier alpha value is -0.600. The van der Waals surface area contributed by atoms with E-state index in [0.29, 0.717) is 22.9 Å². The number of hydrogen-bond donors (Lipinski definition) is 1. The third-order valence-corrected chi connectivity index (χ3v) is 4.35. The van der Waals surface area contributed by atoms with Gasteiger partial charge >= 0.3 is 0 Å². The molecule has 100 valence electrons. The fraction of sp³-hybridized carbons (Fsp3) is 0.600. The SMILES string of the molecule is CCC1CCC(O)C(Cc2cc(Cl)ccc2F)C1. The topological polar surface area (TPSA) is 20.2 Å². The lowest BCUT2D eigenvalue weighted by Crippen LogP contribution is -2.30. The molecule has 1 aliphatic carbocycles. The van der Waals surface area contributed by atoms with Crippen LogP contribution in [-0.2, 0) is 6.42 Å². The number of aliphatic hydroxyl groups is 1. The molecule has 0 bridgehead atoms. The maximum absolute atomic E-state index is 13.7. The second-order valence-corrected chi connectivity index (χ2v) is 5.79. The number of aliphatic hydroxyl groups excluding tert-OH is 1. The van der Waals surface area contributed by atoms with E-state index in [-0.39, 0.29) is 17.8 Å². The van der Waals surface area contributed by atoms with E-state index >= 15 is 0 Å². The molecule has 0 amide bonds. The van der Waals surface area contributed by atoms with Crippen molar-refractivity contribution in [2.75, 3.05) is 0 Å². The van der Waals surface area contributed by atoms with Gasteiger partial charge < -0.3 is 5.11 Å². The smallest absolute Gasteiger partial charge is 0.126 e. The lowest BCUT2D eigenvalue weighted by molar-refractivity contribution is 0.0471. The summed E-state index contributed by atoms with van der Waals surface area (Å²) < 4.78 is 13.7. The second-order valence-electron chi connectivity index (χ2n) is 5.35. The van der Waals surface area contributed by atoms with E-state index in [1.807, 2.05) is 0 Å². The zero-order chi connectivity index (χ0) is 13.1. The van der Waals surface area contributed by atoms with E-state index in [4.69, 9.17) is 11.6 Å². The van der Waals surface area contributed by atoms with Crippen LogP contribution < -0.4 is 0 Å². The summed E-state index contributed by atoms with van der Waals surface area (Å²) in [6, 6.07) is 4.65. The minimum atomic E-state index is -0.300. The molecule has 1 aromatic rings. The minimum absolute atomic E-state index is 0.164. The minimum Gasteiger partial charge on any atom is -0.393 e. The Labute approximate surface area is 113 Å². The molecule has 1 fully saturated rings. The Kier molecular flexibility index (Phi) is 4.63. The zero-order valence-electron chi connectivity index (χ0n) is 10.7. The van der Waals surface area contributed by atoms with Gasteiger partial charge in [0.1, 0.15) is 5.82 Å². The number of rotatable bonds is 3. The quantitative estimate of drug-likeness (QED) is 0.872. The summed E-state index contributed by atoms with van der Waals surface area (Å²) in [6.45, 7) is 2.18. The maximum Gasteiger partial charge on any atom is 0.126 e. The van der Waals surface area contributed by atoms with Crippen molar-refractivity contribution >= 4 is 11.6 Å².